The van der Waals surface area contributed by atoms with Gasteiger partial charge in [0.15, 0.2) is 9.84 Å². The van der Waals surface area contributed by atoms with E-state index >= 15 is 0 Å². The van der Waals surface area contributed by atoms with Gasteiger partial charge in [-0.2, -0.15) is 5.26 Å². The van der Waals surface area contributed by atoms with Crippen molar-refractivity contribution in [3.63, 3.8) is 0 Å². The van der Waals surface area contributed by atoms with Crippen LogP contribution < -0.4 is 11.1 Å². The van der Waals surface area contributed by atoms with Crippen molar-refractivity contribution in [2.75, 3.05) is 17.3 Å². The molecular weight excluding hydrogens is 445 g/mol. The SMILES string of the molecule is C[C@@H](Nc1ncnc(N)c1C#N)c1cc2ncc(F)cc2nc1-c1ccccc1S(C)(=O)=O. The lowest BCUT2D eigenvalue weighted by Gasteiger charge is -2.20. The van der Waals surface area contributed by atoms with E-state index in [4.69, 9.17) is 5.73 Å². The van der Waals surface area contributed by atoms with Crippen molar-refractivity contribution in [3.05, 3.63) is 65.9 Å². The van der Waals surface area contributed by atoms with Crippen LogP contribution in [0.25, 0.3) is 22.3 Å². The van der Waals surface area contributed by atoms with E-state index in [9.17, 15) is 18.1 Å². The Balaban J connectivity index is 1.95. The minimum atomic E-state index is -3.59. The second-order valence-corrected chi connectivity index (χ2v) is 9.33. The lowest BCUT2D eigenvalue weighted by molar-refractivity contribution is 0.602. The van der Waals surface area contributed by atoms with Crippen LogP contribution in [-0.4, -0.2) is 34.6 Å². The highest BCUT2D eigenvalue weighted by Gasteiger charge is 2.22. The molecule has 3 N–H and O–H groups in total. The summed E-state index contributed by atoms with van der Waals surface area (Å²) in [5, 5.41) is 12.6. The van der Waals surface area contributed by atoms with Crippen LogP contribution in [0.3, 0.4) is 0 Å². The molecular formula is C22H18FN7O2S. The van der Waals surface area contributed by atoms with Crippen LogP contribution in [0.15, 0.2) is 53.8 Å². The van der Waals surface area contributed by atoms with Gasteiger partial charge in [-0.05, 0) is 19.1 Å². The van der Waals surface area contributed by atoms with Gasteiger partial charge in [0.1, 0.15) is 35.4 Å². The minimum absolute atomic E-state index is 0.0265. The third kappa shape index (κ3) is 4.28. The maximum Gasteiger partial charge on any atom is 0.176 e. The molecule has 9 nitrogen and oxygen atoms in total. The second kappa shape index (κ2) is 8.40. The topological polar surface area (TPSA) is 148 Å². The molecule has 0 amide bonds. The summed E-state index contributed by atoms with van der Waals surface area (Å²) < 4.78 is 38.8. The summed E-state index contributed by atoms with van der Waals surface area (Å²) in [4.78, 5) is 16.7. The standard InChI is InChI=1S/C22H18FN7O2S/c1-12(29-22-16(9-24)21(25)27-11-28-22)15-8-17-18(7-13(23)10-26-17)30-20(15)14-5-3-4-6-19(14)33(2,31)32/h3-8,10-12H,1-2H3,(H3,25,27,28,29)/t12-/m1/s1. The summed E-state index contributed by atoms with van der Waals surface area (Å²) in [6.07, 6.45) is 3.42. The Kier molecular flexibility index (Phi) is 5.61. The molecule has 0 aliphatic carbocycles. The van der Waals surface area contributed by atoms with Gasteiger partial charge in [-0.1, -0.05) is 18.2 Å². The number of nitrogen functional groups attached to an aromatic ring is 1. The van der Waals surface area contributed by atoms with Crippen LogP contribution >= 0.6 is 0 Å². The second-order valence-electron chi connectivity index (χ2n) is 7.35. The van der Waals surface area contributed by atoms with E-state index in [2.05, 4.69) is 25.3 Å². The van der Waals surface area contributed by atoms with Gasteiger partial charge in [-0.25, -0.2) is 27.8 Å². The number of nitrogens with zero attached hydrogens (tertiary/aromatic N) is 5. The normalized spacial score (nSPS) is 12.3. The van der Waals surface area contributed by atoms with E-state index < -0.39 is 21.7 Å². The van der Waals surface area contributed by atoms with Crippen LogP contribution in [-0.2, 0) is 9.84 Å². The van der Waals surface area contributed by atoms with E-state index in [1.807, 2.05) is 6.07 Å². The van der Waals surface area contributed by atoms with Gasteiger partial charge < -0.3 is 11.1 Å². The van der Waals surface area contributed by atoms with Crippen molar-refractivity contribution in [1.29, 1.82) is 5.26 Å². The Morgan fingerprint density at radius 2 is 1.91 bits per heavy atom. The summed E-state index contributed by atoms with van der Waals surface area (Å²) in [6, 6.07) is 10.8. The maximum atomic E-state index is 13.8. The predicted octanol–water partition coefficient (Wildman–Crippen LogP) is 3.26. The largest absolute Gasteiger partial charge is 0.382 e. The number of fused-ring (bicyclic) bond motifs is 1. The first-order valence-electron chi connectivity index (χ1n) is 9.72. The fourth-order valence-electron chi connectivity index (χ4n) is 3.47. The first-order valence-corrected chi connectivity index (χ1v) is 11.6. The van der Waals surface area contributed by atoms with Gasteiger partial charge in [-0.3, -0.25) is 4.98 Å². The Hall–Kier alpha value is -4.17. The van der Waals surface area contributed by atoms with Crippen molar-refractivity contribution in [2.45, 2.75) is 17.9 Å². The molecule has 4 rings (SSSR count). The zero-order valence-corrected chi connectivity index (χ0v) is 18.4. The number of pyridine rings is 2. The zero-order chi connectivity index (χ0) is 23.8. The summed E-state index contributed by atoms with van der Waals surface area (Å²) in [6.45, 7) is 1.79. The number of aromatic nitrogens is 4. The third-order valence-electron chi connectivity index (χ3n) is 5.01. The molecule has 3 aromatic heterocycles. The first-order chi connectivity index (χ1) is 15.7. The molecule has 0 aliphatic rings. The lowest BCUT2D eigenvalue weighted by Crippen LogP contribution is -2.13. The molecule has 0 bridgehead atoms. The van der Waals surface area contributed by atoms with Gasteiger partial charge >= 0.3 is 0 Å². The van der Waals surface area contributed by atoms with E-state index in [1.165, 1.54) is 18.5 Å². The number of sulfone groups is 1. The smallest absolute Gasteiger partial charge is 0.176 e. The van der Waals surface area contributed by atoms with Gasteiger partial charge in [0.25, 0.3) is 0 Å². The molecule has 3 heterocycles. The maximum absolute atomic E-state index is 13.8. The number of nitrogens with two attached hydrogens (primary N) is 1. The molecule has 0 unspecified atom stereocenters. The highest BCUT2D eigenvalue weighted by Crippen LogP contribution is 2.35. The highest BCUT2D eigenvalue weighted by atomic mass is 32.2. The minimum Gasteiger partial charge on any atom is -0.382 e. The number of rotatable bonds is 5. The van der Waals surface area contributed by atoms with Crippen LogP contribution in [0.5, 0.6) is 0 Å². The molecule has 0 aliphatic heterocycles. The predicted molar refractivity (Wildman–Crippen MR) is 121 cm³/mol. The van der Waals surface area contributed by atoms with Crippen LogP contribution in [0, 0.1) is 17.1 Å². The zero-order valence-electron chi connectivity index (χ0n) is 17.6. The first kappa shape index (κ1) is 22.0. The molecule has 1 atom stereocenters. The molecule has 1 aromatic carbocycles. The molecule has 166 valence electrons. The van der Waals surface area contributed by atoms with Crippen LogP contribution in [0.1, 0.15) is 24.1 Å². The monoisotopic (exact) mass is 463 g/mol. The summed E-state index contributed by atoms with van der Waals surface area (Å²) in [7, 11) is -3.59. The van der Waals surface area contributed by atoms with E-state index in [0.717, 1.165) is 12.5 Å². The Morgan fingerprint density at radius 1 is 1.15 bits per heavy atom. The van der Waals surface area contributed by atoms with E-state index in [-0.39, 0.29) is 27.6 Å². The average molecular weight is 463 g/mol. The van der Waals surface area contributed by atoms with Crippen molar-refractivity contribution in [1.82, 2.24) is 19.9 Å². The van der Waals surface area contributed by atoms with Crippen LogP contribution in [0.2, 0.25) is 0 Å². The number of halogens is 1. The molecule has 0 radical (unpaired) electrons. The molecule has 4 aromatic rings. The number of nitriles is 1. The van der Waals surface area contributed by atoms with Gasteiger partial charge in [0, 0.05) is 23.4 Å². The van der Waals surface area contributed by atoms with Crippen LogP contribution in [0.4, 0.5) is 16.0 Å². The Labute approximate surface area is 189 Å². The molecule has 11 heteroatoms. The van der Waals surface area contributed by atoms with Gasteiger partial charge in [-0.15, -0.1) is 0 Å². The highest BCUT2D eigenvalue weighted by molar-refractivity contribution is 7.90. The van der Waals surface area contributed by atoms with Crippen molar-refractivity contribution < 1.29 is 12.8 Å². The lowest BCUT2D eigenvalue weighted by atomic mass is 9.99. The third-order valence-corrected chi connectivity index (χ3v) is 6.17. The Bertz CT molecular complexity index is 1530. The molecule has 33 heavy (non-hydrogen) atoms. The molecule has 0 fully saturated rings. The number of benzene rings is 1. The molecule has 0 saturated carbocycles. The van der Waals surface area contributed by atoms with Crippen molar-refractivity contribution in [2.24, 2.45) is 0 Å². The van der Waals surface area contributed by atoms with Crippen molar-refractivity contribution >= 4 is 32.5 Å². The number of nitrogens with one attached hydrogen (secondary N) is 1. The van der Waals surface area contributed by atoms with Gasteiger partial charge in [0.05, 0.1) is 33.9 Å². The quantitative estimate of drug-likeness (QED) is 0.455. The molecule has 0 saturated heterocycles. The number of hydrogen-bond donors (Lipinski definition) is 2. The number of hydrogen-bond acceptors (Lipinski definition) is 9. The Morgan fingerprint density at radius 3 is 2.64 bits per heavy atom. The fourth-order valence-corrected chi connectivity index (χ4v) is 4.36. The van der Waals surface area contributed by atoms with E-state index in [1.54, 1.807) is 31.2 Å². The van der Waals surface area contributed by atoms with E-state index in [0.29, 0.717) is 22.3 Å². The summed E-state index contributed by atoms with van der Waals surface area (Å²) in [5.74, 6) is -0.322. The summed E-state index contributed by atoms with van der Waals surface area (Å²) >= 11 is 0. The molecule has 0 spiro atoms. The van der Waals surface area contributed by atoms with Gasteiger partial charge in [0.2, 0.25) is 0 Å². The average Bonchev–Trinajstić information content (AvgIpc) is 2.77. The fraction of sp³-hybridized carbons (Fsp3) is 0.136. The summed E-state index contributed by atoms with van der Waals surface area (Å²) in [5.41, 5.74) is 7.81. The number of anilines is 2. The van der Waals surface area contributed by atoms with Crippen molar-refractivity contribution in [3.8, 4) is 17.3 Å².